The second-order valence-corrected chi connectivity index (χ2v) is 5.44. The van der Waals surface area contributed by atoms with Crippen LogP contribution >= 0.6 is 11.6 Å². The van der Waals surface area contributed by atoms with Gasteiger partial charge >= 0.3 is 5.69 Å². The van der Waals surface area contributed by atoms with Gasteiger partial charge in [-0.05, 0) is 30.3 Å². The van der Waals surface area contributed by atoms with E-state index in [2.05, 4.69) is 15.8 Å². The Morgan fingerprint density at radius 3 is 2.69 bits per heavy atom. The highest BCUT2D eigenvalue weighted by Crippen LogP contribution is 2.36. The number of rotatable bonds is 7. The minimum Gasteiger partial charge on any atom is -0.500 e. The van der Waals surface area contributed by atoms with E-state index in [0.29, 0.717) is 10.7 Å². The Labute approximate surface area is 153 Å². The summed E-state index contributed by atoms with van der Waals surface area (Å²) in [6, 6.07) is 9.28. The number of carbonyl (C=O) groups is 1. The topological polar surface area (TPSA) is 126 Å². The third-order valence-electron chi connectivity index (χ3n) is 3.19. The number of phenols is 1. The number of hydrazone groups is 1. The number of nitrogens with zero attached hydrogens (tertiary/aromatic N) is 2. The average Bonchev–Trinajstić information content (AvgIpc) is 2.62. The summed E-state index contributed by atoms with van der Waals surface area (Å²) in [6.07, 6.45) is 1.20. The number of aromatic hydroxyl groups is 1. The highest BCUT2D eigenvalue weighted by atomic mass is 35.5. The molecule has 0 aliphatic carbocycles. The van der Waals surface area contributed by atoms with E-state index in [0.717, 1.165) is 6.07 Å². The summed E-state index contributed by atoms with van der Waals surface area (Å²) in [6.45, 7) is -0.0297. The SMILES string of the molecule is COc1cc(/C=N\NC(=O)CNc2ccc(Cl)cc2)cc([N+](=O)[O-])c1O. The van der Waals surface area contributed by atoms with Crippen molar-refractivity contribution < 1.29 is 19.6 Å². The highest BCUT2D eigenvalue weighted by Gasteiger charge is 2.19. The van der Waals surface area contributed by atoms with Gasteiger partial charge in [-0.3, -0.25) is 14.9 Å². The van der Waals surface area contributed by atoms with E-state index in [1.165, 1.54) is 19.4 Å². The van der Waals surface area contributed by atoms with Crippen LogP contribution < -0.4 is 15.5 Å². The molecule has 0 aliphatic heterocycles. The van der Waals surface area contributed by atoms with Crippen LogP contribution in [0, 0.1) is 10.1 Å². The van der Waals surface area contributed by atoms with Gasteiger partial charge in [-0.2, -0.15) is 5.10 Å². The first-order valence-electron chi connectivity index (χ1n) is 7.27. The molecule has 136 valence electrons. The molecule has 0 bridgehead atoms. The summed E-state index contributed by atoms with van der Waals surface area (Å²) < 4.78 is 4.88. The number of hydrogen-bond donors (Lipinski definition) is 3. The summed E-state index contributed by atoms with van der Waals surface area (Å²) in [7, 11) is 1.27. The lowest BCUT2D eigenvalue weighted by molar-refractivity contribution is -0.386. The van der Waals surface area contributed by atoms with Crippen LogP contribution in [0.2, 0.25) is 5.02 Å². The van der Waals surface area contributed by atoms with Gasteiger partial charge in [0, 0.05) is 22.3 Å². The second kappa shape index (κ2) is 8.67. The maximum Gasteiger partial charge on any atom is 0.315 e. The molecule has 0 fully saturated rings. The number of methoxy groups -OCH3 is 1. The molecule has 10 heteroatoms. The van der Waals surface area contributed by atoms with E-state index in [1.54, 1.807) is 24.3 Å². The van der Waals surface area contributed by atoms with E-state index in [-0.39, 0.29) is 17.9 Å². The van der Waals surface area contributed by atoms with Gasteiger partial charge in [-0.15, -0.1) is 0 Å². The van der Waals surface area contributed by atoms with Gasteiger partial charge in [-0.25, -0.2) is 5.43 Å². The predicted octanol–water partition coefficient (Wildman–Crippen LogP) is 2.52. The minimum absolute atomic E-state index is 0.0297. The van der Waals surface area contributed by atoms with Crippen molar-refractivity contribution in [1.82, 2.24) is 5.43 Å². The first-order chi connectivity index (χ1) is 12.4. The standard InChI is InChI=1S/C16H15ClN4O5/c1-26-14-7-10(6-13(16(14)23)21(24)25)8-19-20-15(22)9-18-12-4-2-11(17)3-5-12/h2-8,18,23H,9H2,1H3,(H,20,22)/b19-8-. The van der Waals surface area contributed by atoms with Crippen molar-refractivity contribution in [2.75, 3.05) is 19.0 Å². The Morgan fingerprint density at radius 2 is 2.08 bits per heavy atom. The third kappa shape index (κ3) is 5.08. The molecule has 0 atom stereocenters. The van der Waals surface area contributed by atoms with E-state index in [9.17, 15) is 20.0 Å². The molecule has 3 N–H and O–H groups in total. The molecule has 2 rings (SSSR count). The van der Waals surface area contributed by atoms with E-state index < -0.39 is 22.3 Å². The summed E-state index contributed by atoms with van der Waals surface area (Å²) in [5, 5.41) is 27.8. The fourth-order valence-corrected chi connectivity index (χ4v) is 2.08. The van der Waals surface area contributed by atoms with Crippen LogP contribution in [0.5, 0.6) is 11.5 Å². The Kier molecular flexibility index (Phi) is 6.34. The van der Waals surface area contributed by atoms with Crippen LogP contribution in [0.4, 0.5) is 11.4 Å². The number of nitro groups is 1. The number of nitro benzene ring substituents is 1. The van der Waals surface area contributed by atoms with Gasteiger partial charge in [0.05, 0.1) is 24.8 Å². The minimum atomic E-state index is -0.746. The molecule has 0 heterocycles. The predicted molar refractivity (Wildman–Crippen MR) is 97.0 cm³/mol. The fraction of sp³-hybridized carbons (Fsp3) is 0.125. The highest BCUT2D eigenvalue weighted by molar-refractivity contribution is 6.30. The molecule has 0 unspecified atom stereocenters. The lowest BCUT2D eigenvalue weighted by Gasteiger charge is -2.06. The zero-order valence-corrected chi connectivity index (χ0v) is 14.4. The molecule has 0 radical (unpaired) electrons. The van der Waals surface area contributed by atoms with Gasteiger partial charge in [0.15, 0.2) is 5.75 Å². The zero-order chi connectivity index (χ0) is 19.1. The maximum atomic E-state index is 11.7. The van der Waals surface area contributed by atoms with Crippen LogP contribution in [0.25, 0.3) is 0 Å². The lowest BCUT2D eigenvalue weighted by Crippen LogP contribution is -2.25. The maximum absolute atomic E-state index is 11.7. The molecule has 0 saturated carbocycles. The molecule has 0 spiro atoms. The van der Waals surface area contributed by atoms with Crippen LogP contribution in [0.1, 0.15) is 5.56 Å². The van der Waals surface area contributed by atoms with Gasteiger partial charge in [0.2, 0.25) is 5.75 Å². The van der Waals surface area contributed by atoms with Crippen molar-refractivity contribution in [2.45, 2.75) is 0 Å². The number of nitrogens with one attached hydrogen (secondary N) is 2. The smallest absolute Gasteiger partial charge is 0.315 e. The molecule has 0 aromatic heterocycles. The number of amides is 1. The first kappa shape index (κ1) is 19.0. The van der Waals surface area contributed by atoms with Crippen LogP contribution in [0.3, 0.4) is 0 Å². The van der Waals surface area contributed by atoms with E-state index in [4.69, 9.17) is 16.3 Å². The zero-order valence-electron chi connectivity index (χ0n) is 13.6. The fourth-order valence-electron chi connectivity index (χ4n) is 1.95. The molecule has 26 heavy (non-hydrogen) atoms. The number of benzene rings is 2. The van der Waals surface area contributed by atoms with Gasteiger partial charge in [-0.1, -0.05) is 11.6 Å². The number of anilines is 1. The molecule has 0 aliphatic rings. The average molecular weight is 379 g/mol. The van der Waals surface area contributed by atoms with Crippen molar-refractivity contribution in [3.8, 4) is 11.5 Å². The van der Waals surface area contributed by atoms with Crippen molar-refractivity contribution >= 4 is 35.1 Å². The van der Waals surface area contributed by atoms with Crippen molar-refractivity contribution in [3.05, 3.63) is 57.1 Å². The number of carbonyl (C=O) groups excluding carboxylic acids is 1. The largest absolute Gasteiger partial charge is 0.500 e. The van der Waals surface area contributed by atoms with Crippen LogP contribution in [-0.2, 0) is 4.79 Å². The Balaban J connectivity index is 1.96. The number of halogens is 1. The summed E-state index contributed by atoms with van der Waals surface area (Å²) in [4.78, 5) is 21.9. The van der Waals surface area contributed by atoms with Gasteiger partial charge < -0.3 is 15.2 Å². The third-order valence-corrected chi connectivity index (χ3v) is 3.45. The Bertz CT molecular complexity index is 839. The molecule has 0 saturated heterocycles. The normalized spacial score (nSPS) is 10.5. The molecule has 1 amide bonds. The lowest BCUT2D eigenvalue weighted by atomic mass is 10.2. The van der Waals surface area contributed by atoms with Crippen molar-refractivity contribution in [3.63, 3.8) is 0 Å². The van der Waals surface area contributed by atoms with Crippen molar-refractivity contribution in [2.24, 2.45) is 5.10 Å². The molecule has 2 aromatic carbocycles. The van der Waals surface area contributed by atoms with E-state index in [1.807, 2.05) is 0 Å². The van der Waals surface area contributed by atoms with E-state index >= 15 is 0 Å². The molecule has 2 aromatic rings. The summed E-state index contributed by atoms with van der Waals surface area (Å²) in [5.41, 5.74) is 2.75. The Morgan fingerprint density at radius 1 is 1.38 bits per heavy atom. The van der Waals surface area contributed by atoms with Crippen molar-refractivity contribution in [1.29, 1.82) is 0 Å². The number of hydrogen-bond acceptors (Lipinski definition) is 7. The van der Waals surface area contributed by atoms with Gasteiger partial charge in [0.1, 0.15) is 0 Å². The van der Waals surface area contributed by atoms with Crippen LogP contribution in [-0.4, -0.2) is 35.8 Å². The second-order valence-electron chi connectivity index (χ2n) is 5.00. The quantitative estimate of drug-likeness (QED) is 0.386. The van der Waals surface area contributed by atoms with Crippen LogP contribution in [0.15, 0.2) is 41.5 Å². The number of phenolic OH excluding ortho intramolecular Hbond substituents is 1. The van der Waals surface area contributed by atoms with Gasteiger partial charge in [0.25, 0.3) is 5.91 Å². The molecular weight excluding hydrogens is 364 g/mol. The first-order valence-corrected chi connectivity index (χ1v) is 7.65. The summed E-state index contributed by atoms with van der Waals surface area (Å²) in [5.74, 6) is -1.07. The summed E-state index contributed by atoms with van der Waals surface area (Å²) >= 11 is 5.77. The number of ether oxygens (including phenoxy) is 1. The monoisotopic (exact) mass is 378 g/mol. The molecule has 9 nitrogen and oxygen atoms in total. The Hall–Kier alpha value is -3.33. The molecular formula is C16H15ClN4O5.